The molecule has 1 aliphatic heterocycles. The normalized spacial score (nSPS) is 17.0. The third-order valence-electron chi connectivity index (χ3n) is 16.2. The topological polar surface area (TPSA) is 106 Å². The number of esters is 2. The number of rotatable bonds is 14. The molecule has 4 fully saturated rings. The Morgan fingerprint density at radius 3 is 1.18 bits per heavy atom. The van der Waals surface area contributed by atoms with Gasteiger partial charge in [-0.25, -0.2) is 9.59 Å². The molecule has 1 N–H and O–H groups in total. The number of quaternary nitrogens is 1. The Morgan fingerprint density at radius 2 is 0.881 bits per heavy atom. The molecule has 0 aromatic heterocycles. The molecule has 3 aliphatic carbocycles. The molecule has 1 saturated heterocycles. The summed E-state index contributed by atoms with van der Waals surface area (Å²) in [5, 5.41) is 8.81. The molecule has 7 rings (SSSR count). The minimum absolute atomic E-state index is 0. The average Bonchev–Trinajstić information content (AvgIpc) is 4.19. The Hall–Kier alpha value is -1.68. The maximum Gasteiger partial charge on any atom is 1.00 e. The Labute approximate surface area is 561 Å². The van der Waals surface area contributed by atoms with Gasteiger partial charge in [-0.15, -0.1) is 0 Å². The van der Waals surface area contributed by atoms with E-state index in [1.54, 1.807) is 12.1 Å². The molecule has 0 spiro atoms. The Bertz CT molecular complexity index is 2190. The van der Waals surface area contributed by atoms with Gasteiger partial charge in [-0.3, -0.25) is 9.69 Å². The van der Waals surface area contributed by atoms with Gasteiger partial charge in [0.05, 0.1) is 37.4 Å². The maximum atomic E-state index is 12.4. The van der Waals surface area contributed by atoms with Crippen molar-refractivity contribution in [2.45, 2.75) is 252 Å². The van der Waals surface area contributed by atoms with Gasteiger partial charge in [-0.05, 0) is 186 Å². The van der Waals surface area contributed by atoms with Crippen LogP contribution in [0.5, 0.6) is 0 Å². The number of nitrogens with zero attached hydrogens (tertiary/aromatic N) is 3. The summed E-state index contributed by atoms with van der Waals surface area (Å²) in [6.45, 7) is 29.8. The van der Waals surface area contributed by atoms with Gasteiger partial charge in [-0.1, -0.05) is 167 Å². The number of carbonyl (C=O) groups excluding carboxylic acids is 3. The second kappa shape index (κ2) is 43.1. The van der Waals surface area contributed by atoms with Crippen LogP contribution in [0.3, 0.4) is 0 Å². The number of hydrogen-bond donors (Lipinski definition) is 1. The Kier molecular flexibility index (Phi) is 43.3. The van der Waals surface area contributed by atoms with Crippen LogP contribution < -0.4 is 46.5 Å². The molecular weight excluding hydrogens is 1210 g/mol. The standard InChI is InChI=1S/C22H36NO2.C21H33NO2.C11H13ClO.C10H21NO.C4H8O.CH3Br.CH4.BrH.Na.H/c1-17(16-23(5,6)20-10-8-7-9-11-20)25-21(24)18-12-14-19(15-13-18)22(2,3)4;1-16(15-22(5)19-9-7-6-8-10-19)24-20(23)17-11-13-18(14-12-17)21(2,3)4;1-11(2,3)9-6-4-8(5-7-9)10(12)13;1-9(12)8-11(2)10-6-4-3-5-7-10;1-2-4-5-3-1;1-2;;;;/h12-15,17,20H,7-11,16H2,1-6H3;11-14,16,19H,6-10,15H2,1-5H3;4-7H,1-3H3;9-10,12H,3-8H2,1-2H3;1-4H2;1H3;1H4;1H;;/q+1;;;;;;;;+1;-1/p-1/t17-;16-;;9-;;;;;;/m00.0....../s1. The second-order valence-electron chi connectivity index (χ2n) is 27.1. The van der Waals surface area contributed by atoms with Gasteiger partial charge in [0, 0.05) is 44.0 Å². The number of likely N-dealkylation sites (N-methyl/N-ethyl adjacent to an activating group) is 3. The number of ether oxygens (including phenoxy) is 3. The molecule has 10 nitrogen and oxygen atoms in total. The van der Waals surface area contributed by atoms with Crippen molar-refractivity contribution in [3.8, 4) is 0 Å². The first-order valence-electron chi connectivity index (χ1n) is 30.8. The molecule has 84 heavy (non-hydrogen) atoms. The van der Waals surface area contributed by atoms with Crippen LogP contribution in [-0.4, -0.2) is 140 Å². The maximum absolute atomic E-state index is 12.4. The molecule has 14 heteroatoms. The largest absolute Gasteiger partial charge is 1.00 e. The third kappa shape index (κ3) is 33.8. The number of aliphatic hydroxyl groups excluding tert-OH is 1. The minimum Gasteiger partial charge on any atom is -1.00 e. The number of carbonyl (C=O) groups is 3. The monoisotopic (exact) mass is 1330 g/mol. The van der Waals surface area contributed by atoms with Crippen molar-refractivity contribution in [1.29, 1.82) is 0 Å². The zero-order chi connectivity index (χ0) is 61.0. The second-order valence-corrected chi connectivity index (χ2v) is 27.4. The van der Waals surface area contributed by atoms with Crippen molar-refractivity contribution in [1.82, 2.24) is 9.80 Å². The number of benzene rings is 3. The molecule has 3 aromatic rings. The summed E-state index contributed by atoms with van der Waals surface area (Å²) >= 11 is 8.27. The van der Waals surface area contributed by atoms with Crippen molar-refractivity contribution < 1.29 is 86.1 Å². The van der Waals surface area contributed by atoms with E-state index >= 15 is 0 Å². The van der Waals surface area contributed by atoms with Gasteiger partial charge in [0.25, 0.3) is 5.24 Å². The van der Waals surface area contributed by atoms with Crippen LogP contribution in [0.15, 0.2) is 72.8 Å². The first kappa shape index (κ1) is 84.4. The summed E-state index contributed by atoms with van der Waals surface area (Å²) in [4.78, 5) is 40.2. The van der Waals surface area contributed by atoms with Crippen molar-refractivity contribution in [2.75, 3.05) is 66.9 Å². The third-order valence-corrected chi connectivity index (χ3v) is 16.4. The van der Waals surface area contributed by atoms with E-state index in [2.05, 4.69) is 116 Å². The molecule has 3 atom stereocenters. The summed E-state index contributed by atoms with van der Waals surface area (Å²) in [6, 6.07) is 25.1. The van der Waals surface area contributed by atoms with Crippen LogP contribution in [0.25, 0.3) is 0 Å². The van der Waals surface area contributed by atoms with Gasteiger partial charge >= 0.3 is 41.5 Å². The van der Waals surface area contributed by atoms with Crippen molar-refractivity contribution in [3.05, 3.63) is 106 Å². The molecule has 3 aromatic carbocycles. The number of aliphatic hydroxyl groups is 1. The van der Waals surface area contributed by atoms with Crippen LogP contribution >= 0.6 is 27.5 Å². The number of halogens is 3. The molecule has 4 aliphatic rings. The van der Waals surface area contributed by atoms with E-state index in [0.29, 0.717) is 28.8 Å². The van der Waals surface area contributed by atoms with Crippen molar-refractivity contribution in [3.63, 3.8) is 0 Å². The summed E-state index contributed by atoms with van der Waals surface area (Å²) < 4.78 is 17.3. The average molecular weight is 1330 g/mol. The summed E-state index contributed by atoms with van der Waals surface area (Å²) in [5.41, 5.74) is 5.79. The number of hydrogen-bond acceptors (Lipinski definition) is 9. The van der Waals surface area contributed by atoms with Crippen LogP contribution in [0.4, 0.5) is 0 Å². The van der Waals surface area contributed by atoms with Crippen molar-refractivity contribution >= 4 is 44.7 Å². The molecule has 1 heterocycles. The summed E-state index contributed by atoms with van der Waals surface area (Å²) in [6.07, 6.45) is 22.2. The molecule has 0 bridgehead atoms. The van der Waals surface area contributed by atoms with Crippen LogP contribution in [0.2, 0.25) is 0 Å². The van der Waals surface area contributed by atoms with Crippen LogP contribution in [0.1, 0.15) is 249 Å². The van der Waals surface area contributed by atoms with Crippen LogP contribution in [-0.2, 0) is 30.5 Å². The Morgan fingerprint density at radius 1 is 0.571 bits per heavy atom. The predicted molar refractivity (Wildman–Crippen MR) is 353 cm³/mol. The molecule has 3 saturated carbocycles. The van der Waals surface area contributed by atoms with Crippen molar-refractivity contribution in [2.24, 2.45) is 0 Å². The SMILES string of the molecule is C.C1CCOC1.CBr.CC(C)(C)c1ccc(C(=O)Cl)cc1.C[C@@H](CN(C)C1CCCCC1)OC(=O)c1ccc(C(C)(C)C)cc1.C[C@@H](C[N+](C)(C)C1CCCCC1)OC(=O)c1ccc(C(C)(C)C)cc1.C[C@H](O)CN(C)C1CCCCC1.[Br-].[H-].[Na+]. The zero-order valence-electron chi connectivity index (χ0n) is 56.3. The smallest absolute Gasteiger partial charge is 1.00 e. The quantitative estimate of drug-likeness (QED) is 0.0555. The minimum atomic E-state index is -0.402. The molecular formula is C70H119Br2ClN3NaO7. The van der Waals surface area contributed by atoms with Gasteiger partial charge in [0.15, 0.2) is 0 Å². The Balaban J connectivity index is -0.00000104. The zero-order valence-corrected chi connectivity index (χ0v) is 61.2. The summed E-state index contributed by atoms with van der Waals surface area (Å²) in [7, 11) is 8.83. The van der Waals surface area contributed by atoms with Gasteiger partial charge in [0.2, 0.25) is 0 Å². The molecule has 0 amide bonds. The fraction of sp³-hybridized carbons (Fsp3) is 0.700. The molecule has 478 valence electrons. The van der Waals surface area contributed by atoms with E-state index in [-0.39, 0.29) is 102 Å². The number of alkyl halides is 1. The fourth-order valence-corrected chi connectivity index (χ4v) is 11.3. The van der Waals surface area contributed by atoms with E-state index in [1.807, 2.05) is 87.3 Å². The van der Waals surface area contributed by atoms with E-state index in [0.717, 1.165) is 43.4 Å². The van der Waals surface area contributed by atoms with Gasteiger partial charge in [0.1, 0.15) is 18.8 Å². The van der Waals surface area contributed by atoms with Gasteiger partial charge in [-0.2, -0.15) is 0 Å². The predicted octanol–water partition coefficient (Wildman–Crippen LogP) is 11.3. The summed E-state index contributed by atoms with van der Waals surface area (Å²) in [5.74, 6) is 1.38. The van der Waals surface area contributed by atoms with Crippen LogP contribution in [0, 0.1) is 0 Å². The first-order valence-corrected chi connectivity index (χ1v) is 32.7. The molecule has 0 unspecified atom stereocenters. The van der Waals surface area contributed by atoms with E-state index in [9.17, 15) is 19.5 Å². The fourth-order valence-electron chi connectivity index (χ4n) is 11.2. The van der Waals surface area contributed by atoms with E-state index in [1.165, 1.54) is 126 Å². The molecule has 0 radical (unpaired) electrons. The van der Waals surface area contributed by atoms with E-state index < -0.39 is 5.24 Å². The van der Waals surface area contributed by atoms with E-state index in [4.69, 9.17) is 25.8 Å². The van der Waals surface area contributed by atoms with Gasteiger partial charge < -0.3 is 47.1 Å². The first-order chi connectivity index (χ1) is 38.0.